The molecule has 0 aliphatic rings. The minimum absolute atomic E-state index is 0. The van der Waals surface area contributed by atoms with Crippen molar-refractivity contribution in [2.24, 2.45) is 4.99 Å². The van der Waals surface area contributed by atoms with E-state index >= 15 is 0 Å². The van der Waals surface area contributed by atoms with Gasteiger partial charge in [-0.25, -0.2) is 8.42 Å². The van der Waals surface area contributed by atoms with Crippen LogP contribution in [0.4, 0.5) is 0 Å². The van der Waals surface area contributed by atoms with E-state index in [0.717, 1.165) is 16.9 Å². The molecule has 0 aliphatic heterocycles. The second-order valence-corrected chi connectivity index (χ2v) is 8.85. The maximum absolute atomic E-state index is 12.7. The van der Waals surface area contributed by atoms with Crippen molar-refractivity contribution in [1.82, 2.24) is 10.6 Å². The van der Waals surface area contributed by atoms with Crippen LogP contribution in [-0.4, -0.2) is 39.8 Å². The summed E-state index contributed by atoms with van der Waals surface area (Å²) in [6.45, 7) is 7.06. The molecule has 0 saturated heterocycles. The number of hydrogen-bond donors (Lipinski definition) is 2. The number of hydrogen-bond acceptors (Lipinski definition) is 4. The van der Waals surface area contributed by atoms with Gasteiger partial charge in [-0.05, 0) is 44.0 Å². The van der Waals surface area contributed by atoms with Crippen molar-refractivity contribution in [2.75, 3.05) is 19.4 Å². The molecule has 0 aromatic heterocycles. The first-order valence-corrected chi connectivity index (χ1v) is 11.5. The molecule has 8 heteroatoms. The molecule has 2 aromatic carbocycles. The van der Waals surface area contributed by atoms with Gasteiger partial charge in [0.15, 0.2) is 15.8 Å². The summed E-state index contributed by atoms with van der Waals surface area (Å²) in [7, 11) is -1.70. The second kappa shape index (κ2) is 12.8. The molecule has 0 fully saturated rings. The quantitative estimate of drug-likeness (QED) is 0.284. The largest absolute Gasteiger partial charge is 0.494 e. The summed E-state index contributed by atoms with van der Waals surface area (Å²) in [5.41, 5.74) is 2.15. The van der Waals surface area contributed by atoms with Crippen molar-refractivity contribution < 1.29 is 13.2 Å². The molecule has 0 heterocycles. The van der Waals surface area contributed by atoms with E-state index in [1.165, 1.54) is 0 Å². The monoisotopic (exact) mass is 545 g/mol. The van der Waals surface area contributed by atoms with Crippen LogP contribution in [0.25, 0.3) is 0 Å². The maximum atomic E-state index is 12.7. The Balaban J connectivity index is 0.00000450. The molecule has 0 amide bonds. The Kier molecular flexibility index (Phi) is 11.2. The predicted molar refractivity (Wildman–Crippen MR) is 134 cm³/mol. The van der Waals surface area contributed by atoms with E-state index < -0.39 is 9.84 Å². The van der Waals surface area contributed by atoms with Gasteiger partial charge in [-0.3, -0.25) is 4.99 Å². The van der Waals surface area contributed by atoms with Crippen LogP contribution >= 0.6 is 24.0 Å². The van der Waals surface area contributed by atoms with Gasteiger partial charge in [0.2, 0.25) is 0 Å². The van der Waals surface area contributed by atoms with Crippen LogP contribution in [0, 0.1) is 6.92 Å². The Morgan fingerprint density at radius 1 is 1.13 bits per heavy atom. The zero-order chi connectivity index (χ0) is 21.3. The van der Waals surface area contributed by atoms with Crippen molar-refractivity contribution >= 4 is 39.8 Å². The van der Waals surface area contributed by atoms with Crippen LogP contribution in [0.2, 0.25) is 0 Å². The molecule has 166 valence electrons. The topological polar surface area (TPSA) is 79.8 Å². The number of aryl methyl sites for hydroxylation is 1. The molecule has 0 bridgehead atoms. The molecule has 2 N–H and O–H groups in total. The lowest BCUT2D eigenvalue weighted by atomic mass is 10.1. The minimum Gasteiger partial charge on any atom is -0.494 e. The Labute approximate surface area is 197 Å². The highest BCUT2D eigenvalue weighted by Crippen LogP contribution is 2.20. The molecular weight excluding hydrogens is 513 g/mol. The van der Waals surface area contributed by atoms with Crippen LogP contribution in [0.3, 0.4) is 0 Å². The average Bonchev–Trinajstić information content (AvgIpc) is 2.72. The van der Waals surface area contributed by atoms with E-state index in [1.807, 2.05) is 45.0 Å². The Morgan fingerprint density at radius 3 is 2.43 bits per heavy atom. The molecule has 0 aliphatic carbocycles. The molecular formula is C22H32IN3O3S. The molecule has 30 heavy (non-hydrogen) atoms. The number of halogens is 1. The fraction of sp³-hybridized carbons (Fsp3) is 0.409. The molecule has 1 unspecified atom stereocenters. The fourth-order valence-corrected chi connectivity index (χ4v) is 4.53. The summed E-state index contributed by atoms with van der Waals surface area (Å²) in [6, 6.07) is 14.4. The number of benzene rings is 2. The summed E-state index contributed by atoms with van der Waals surface area (Å²) in [6.07, 6.45) is 0.654. The molecule has 0 spiro atoms. The number of rotatable bonds is 9. The molecule has 2 rings (SSSR count). The molecule has 0 saturated carbocycles. The Bertz CT molecular complexity index is 918. The zero-order valence-electron chi connectivity index (χ0n) is 18.0. The van der Waals surface area contributed by atoms with E-state index in [2.05, 4.69) is 15.6 Å². The van der Waals surface area contributed by atoms with Crippen LogP contribution in [-0.2, 0) is 16.4 Å². The highest BCUT2D eigenvalue weighted by atomic mass is 127. The third-order valence-electron chi connectivity index (χ3n) is 4.55. The Hall–Kier alpha value is -1.81. The van der Waals surface area contributed by atoms with Crippen LogP contribution in [0.5, 0.6) is 5.75 Å². The number of ether oxygens (including phenoxy) is 1. The van der Waals surface area contributed by atoms with Gasteiger partial charge in [-0.1, -0.05) is 37.3 Å². The molecule has 6 nitrogen and oxygen atoms in total. The number of nitrogens with zero attached hydrogens (tertiary/aromatic N) is 1. The minimum atomic E-state index is -3.38. The van der Waals surface area contributed by atoms with Gasteiger partial charge in [-0.15, -0.1) is 24.0 Å². The van der Waals surface area contributed by atoms with E-state index in [0.29, 0.717) is 30.4 Å². The average molecular weight is 545 g/mol. The third kappa shape index (κ3) is 7.79. The lowest BCUT2D eigenvalue weighted by Gasteiger charge is -2.21. The fourth-order valence-electron chi connectivity index (χ4n) is 2.92. The normalized spacial score (nSPS) is 12.6. The standard InChI is InChI=1S/C22H31N3O3S.HI/c1-5-19(16-29(26,27)20-10-8-7-9-11-20)25-22(23-4)24-15-18-13-12-17(3)14-21(18)28-6-2;/h7-14,19H,5-6,15-16H2,1-4H3,(H2,23,24,25);1H. The molecule has 0 radical (unpaired) electrons. The SMILES string of the molecule is CCOc1cc(C)ccc1CNC(=NC)NC(CC)CS(=O)(=O)c1ccccc1.I. The molecule has 2 aromatic rings. The van der Waals surface area contributed by atoms with Crippen molar-refractivity contribution in [2.45, 2.75) is 44.7 Å². The van der Waals surface area contributed by atoms with Gasteiger partial charge < -0.3 is 15.4 Å². The van der Waals surface area contributed by atoms with E-state index in [4.69, 9.17) is 4.74 Å². The highest BCUT2D eigenvalue weighted by Gasteiger charge is 2.21. The summed E-state index contributed by atoms with van der Waals surface area (Å²) < 4.78 is 31.1. The van der Waals surface area contributed by atoms with Crippen molar-refractivity contribution in [3.8, 4) is 5.75 Å². The summed E-state index contributed by atoms with van der Waals surface area (Å²) in [4.78, 5) is 4.58. The number of guanidine groups is 1. The first-order chi connectivity index (χ1) is 13.9. The van der Waals surface area contributed by atoms with E-state index in [1.54, 1.807) is 31.3 Å². The Morgan fingerprint density at radius 2 is 1.83 bits per heavy atom. The highest BCUT2D eigenvalue weighted by molar-refractivity contribution is 14.0. The van der Waals surface area contributed by atoms with Crippen molar-refractivity contribution in [3.63, 3.8) is 0 Å². The first-order valence-electron chi connectivity index (χ1n) is 9.86. The van der Waals surface area contributed by atoms with Gasteiger partial charge in [0.05, 0.1) is 17.3 Å². The van der Waals surface area contributed by atoms with E-state index in [-0.39, 0.29) is 35.8 Å². The number of sulfone groups is 1. The van der Waals surface area contributed by atoms with E-state index in [9.17, 15) is 8.42 Å². The lowest BCUT2D eigenvalue weighted by Crippen LogP contribution is -2.45. The van der Waals surface area contributed by atoms with Gasteiger partial charge in [0, 0.05) is 25.2 Å². The first kappa shape index (κ1) is 26.2. The van der Waals surface area contributed by atoms with Gasteiger partial charge >= 0.3 is 0 Å². The van der Waals surface area contributed by atoms with Crippen LogP contribution < -0.4 is 15.4 Å². The maximum Gasteiger partial charge on any atom is 0.191 e. The zero-order valence-corrected chi connectivity index (χ0v) is 21.2. The summed E-state index contributed by atoms with van der Waals surface area (Å²) in [5, 5.41) is 6.49. The van der Waals surface area contributed by atoms with Crippen molar-refractivity contribution in [3.05, 3.63) is 59.7 Å². The number of aliphatic imine (C=N–C) groups is 1. The number of nitrogens with one attached hydrogen (secondary N) is 2. The molecule has 1 atom stereocenters. The second-order valence-electron chi connectivity index (χ2n) is 6.81. The smallest absolute Gasteiger partial charge is 0.191 e. The lowest BCUT2D eigenvalue weighted by molar-refractivity contribution is 0.336. The summed E-state index contributed by atoms with van der Waals surface area (Å²) in [5.74, 6) is 1.40. The van der Waals surface area contributed by atoms with Gasteiger partial charge in [0.1, 0.15) is 5.75 Å². The predicted octanol–water partition coefficient (Wildman–Crippen LogP) is 3.93. The third-order valence-corrected chi connectivity index (χ3v) is 6.38. The van der Waals surface area contributed by atoms with Gasteiger partial charge in [0.25, 0.3) is 0 Å². The van der Waals surface area contributed by atoms with Crippen LogP contribution in [0.1, 0.15) is 31.4 Å². The summed E-state index contributed by atoms with van der Waals surface area (Å²) >= 11 is 0. The van der Waals surface area contributed by atoms with Gasteiger partial charge in [-0.2, -0.15) is 0 Å². The van der Waals surface area contributed by atoms with Crippen LogP contribution in [0.15, 0.2) is 58.4 Å². The van der Waals surface area contributed by atoms with Crippen molar-refractivity contribution in [1.29, 1.82) is 0 Å².